The molecule has 3 aromatic rings. The molecule has 0 unspecified atom stereocenters. The molecule has 0 fully saturated rings. The number of carbonyl (C=O) groups is 1. The van der Waals surface area contributed by atoms with E-state index in [1.807, 2.05) is 0 Å². The average Bonchev–Trinajstić information content (AvgIpc) is 3.46. The topological polar surface area (TPSA) is 99.8 Å². The van der Waals surface area contributed by atoms with Crippen LogP contribution in [0.15, 0.2) is 41.0 Å². The number of alkyl halides is 3. The molecule has 0 saturated heterocycles. The van der Waals surface area contributed by atoms with Gasteiger partial charge in [-0.25, -0.2) is 4.68 Å². The molecule has 1 aliphatic rings. The second-order valence-electron chi connectivity index (χ2n) is 7.23. The van der Waals surface area contributed by atoms with Gasteiger partial charge in [-0.2, -0.15) is 18.3 Å². The van der Waals surface area contributed by atoms with Crippen molar-refractivity contribution in [3.63, 3.8) is 0 Å². The van der Waals surface area contributed by atoms with E-state index in [1.54, 1.807) is 12.1 Å². The van der Waals surface area contributed by atoms with Crippen LogP contribution in [-0.2, 0) is 0 Å². The van der Waals surface area contributed by atoms with Crippen molar-refractivity contribution in [2.75, 3.05) is 32.0 Å². The number of ether oxygens (including phenoxy) is 3. The minimum Gasteiger partial charge on any atom is -0.493 e. The van der Waals surface area contributed by atoms with Crippen LogP contribution in [0.5, 0.6) is 17.2 Å². The molecule has 0 saturated carbocycles. The first-order chi connectivity index (χ1) is 15.7. The van der Waals surface area contributed by atoms with Crippen molar-refractivity contribution in [3.8, 4) is 17.2 Å². The maximum Gasteiger partial charge on any atom is 0.410 e. The number of carbonyl (C=O) groups excluding carboxylic acids is 1. The third kappa shape index (κ3) is 4.28. The summed E-state index contributed by atoms with van der Waals surface area (Å²) in [5, 5.41) is 9.50. The van der Waals surface area contributed by atoms with E-state index in [0.29, 0.717) is 23.0 Å². The second-order valence-corrected chi connectivity index (χ2v) is 7.23. The molecular formula is C21H21F3N4O5. The molecule has 0 radical (unpaired) electrons. The van der Waals surface area contributed by atoms with Crippen molar-refractivity contribution in [3.05, 3.63) is 48.0 Å². The van der Waals surface area contributed by atoms with Gasteiger partial charge in [0.15, 0.2) is 23.2 Å². The van der Waals surface area contributed by atoms with Gasteiger partial charge in [-0.15, -0.1) is 0 Å². The number of hydrogen-bond acceptors (Lipinski definition) is 7. The van der Waals surface area contributed by atoms with Gasteiger partial charge in [-0.3, -0.25) is 4.79 Å². The molecule has 33 heavy (non-hydrogen) atoms. The standard InChI is InChI=1S/C21H21F3N4O5/c1-30-15-7-11(8-16(31-2)19(15)32-3)25-20(29)13-10-18-26-12(14-5-4-6-33-14)9-17(21(22,23)24)28(18)27-13/h4-8,10,12,17,26H,9H2,1-3H3,(H,25,29)/t12-,17+/m1/s1. The quantitative estimate of drug-likeness (QED) is 0.555. The van der Waals surface area contributed by atoms with Gasteiger partial charge in [-0.1, -0.05) is 0 Å². The third-order valence-electron chi connectivity index (χ3n) is 5.23. The number of nitrogens with one attached hydrogen (secondary N) is 2. The Morgan fingerprint density at radius 1 is 1.18 bits per heavy atom. The molecule has 0 aliphatic carbocycles. The van der Waals surface area contributed by atoms with Crippen LogP contribution in [0.25, 0.3) is 0 Å². The van der Waals surface area contributed by atoms with Crippen LogP contribution in [0.3, 0.4) is 0 Å². The van der Waals surface area contributed by atoms with Gasteiger partial charge >= 0.3 is 6.18 Å². The van der Waals surface area contributed by atoms with Gasteiger partial charge in [-0.05, 0) is 12.1 Å². The van der Waals surface area contributed by atoms with E-state index in [2.05, 4.69) is 15.7 Å². The van der Waals surface area contributed by atoms with E-state index in [4.69, 9.17) is 18.6 Å². The Hall–Kier alpha value is -3.83. The highest BCUT2D eigenvalue weighted by atomic mass is 19.4. The number of methoxy groups -OCH3 is 3. The Bertz CT molecular complexity index is 1120. The molecule has 0 spiro atoms. The zero-order chi connectivity index (χ0) is 23.8. The van der Waals surface area contributed by atoms with Crippen LogP contribution in [0.2, 0.25) is 0 Å². The maximum absolute atomic E-state index is 13.8. The largest absolute Gasteiger partial charge is 0.493 e. The highest BCUT2D eigenvalue weighted by molar-refractivity contribution is 6.03. The monoisotopic (exact) mass is 466 g/mol. The first-order valence-corrected chi connectivity index (χ1v) is 9.82. The van der Waals surface area contributed by atoms with Crippen molar-refractivity contribution >= 4 is 17.4 Å². The van der Waals surface area contributed by atoms with E-state index in [-0.39, 0.29) is 23.6 Å². The first kappa shape index (κ1) is 22.4. The van der Waals surface area contributed by atoms with Crippen molar-refractivity contribution < 1.29 is 36.6 Å². The lowest BCUT2D eigenvalue weighted by atomic mass is 10.0. The van der Waals surface area contributed by atoms with Gasteiger partial charge in [0.05, 0.1) is 33.6 Å². The summed E-state index contributed by atoms with van der Waals surface area (Å²) in [6.45, 7) is 0. The molecule has 1 amide bonds. The summed E-state index contributed by atoms with van der Waals surface area (Å²) in [5.74, 6) is 0.646. The van der Waals surface area contributed by atoms with Crippen LogP contribution < -0.4 is 24.8 Å². The lowest BCUT2D eigenvalue weighted by Gasteiger charge is -2.32. The second kappa shape index (κ2) is 8.60. The van der Waals surface area contributed by atoms with E-state index < -0.39 is 24.2 Å². The molecular weight excluding hydrogens is 445 g/mol. The number of nitrogens with zero attached hydrogens (tertiary/aromatic N) is 2. The van der Waals surface area contributed by atoms with Crippen LogP contribution in [-0.4, -0.2) is 43.2 Å². The summed E-state index contributed by atoms with van der Waals surface area (Å²) in [6, 6.07) is 4.81. The predicted molar refractivity (Wildman–Crippen MR) is 111 cm³/mol. The van der Waals surface area contributed by atoms with Crippen LogP contribution >= 0.6 is 0 Å². The fourth-order valence-corrected chi connectivity index (χ4v) is 3.71. The van der Waals surface area contributed by atoms with Crippen LogP contribution in [0.4, 0.5) is 24.7 Å². The predicted octanol–water partition coefficient (Wildman–Crippen LogP) is 4.41. The van der Waals surface area contributed by atoms with Gasteiger partial charge in [0.2, 0.25) is 5.75 Å². The van der Waals surface area contributed by atoms with Crippen molar-refractivity contribution in [1.29, 1.82) is 0 Å². The van der Waals surface area contributed by atoms with Gasteiger partial charge in [0.1, 0.15) is 11.6 Å². The zero-order valence-corrected chi connectivity index (χ0v) is 17.9. The number of aromatic nitrogens is 2. The highest BCUT2D eigenvalue weighted by Gasteiger charge is 2.47. The summed E-state index contributed by atoms with van der Waals surface area (Å²) in [4.78, 5) is 12.8. The lowest BCUT2D eigenvalue weighted by Crippen LogP contribution is -2.35. The van der Waals surface area contributed by atoms with Gasteiger partial charge < -0.3 is 29.3 Å². The number of benzene rings is 1. The number of hydrogen-bond donors (Lipinski definition) is 2. The number of rotatable bonds is 6. The molecule has 2 aromatic heterocycles. The number of amides is 1. The SMILES string of the molecule is COc1cc(NC(=O)c2cc3n(n2)[C@H](C(F)(F)F)C[C@H](c2ccco2)N3)cc(OC)c1OC. The zero-order valence-electron chi connectivity index (χ0n) is 17.9. The van der Waals surface area contributed by atoms with Crippen LogP contribution in [0, 0.1) is 0 Å². The summed E-state index contributed by atoms with van der Waals surface area (Å²) >= 11 is 0. The molecule has 176 valence electrons. The molecule has 0 bridgehead atoms. The first-order valence-electron chi connectivity index (χ1n) is 9.82. The average molecular weight is 466 g/mol. The molecule has 2 N–H and O–H groups in total. The summed E-state index contributed by atoms with van der Waals surface area (Å²) in [6.07, 6.45) is -3.51. The van der Waals surface area contributed by atoms with Crippen molar-refractivity contribution in [2.45, 2.75) is 24.7 Å². The Kier molecular flexibility index (Phi) is 5.83. The Labute approximate surface area is 186 Å². The highest BCUT2D eigenvalue weighted by Crippen LogP contribution is 2.44. The lowest BCUT2D eigenvalue weighted by molar-refractivity contribution is -0.174. The maximum atomic E-state index is 13.8. The fourth-order valence-electron chi connectivity index (χ4n) is 3.71. The van der Waals surface area contributed by atoms with E-state index in [1.165, 1.54) is 45.8 Å². The number of anilines is 2. The molecule has 12 heteroatoms. The minimum atomic E-state index is -4.57. The fraction of sp³-hybridized carbons (Fsp3) is 0.333. The van der Waals surface area contributed by atoms with Gasteiger partial charge in [0, 0.05) is 30.3 Å². The van der Waals surface area contributed by atoms with E-state index in [0.717, 1.165) is 4.68 Å². The molecule has 9 nitrogen and oxygen atoms in total. The Morgan fingerprint density at radius 2 is 1.88 bits per heavy atom. The molecule has 2 atom stereocenters. The van der Waals surface area contributed by atoms with Crippen molar-refractivity contribution in [2.24, 2.45) is 0 Å². The summed E-state index contributed by atoms with van der Waals surface area (Å²) in [7, 11) is 4.28. The summed E-state index contributed by atoms with van der Waals surface area (Å²) < 4.78 is 63.1. The Balaban J connectivity index is 1.63. The molecule has 1 aromatic carbocycles. The normalized spacial score (nSPS) is 17.6. The number of furan rings is 1. The van der Waals surface area contributed by atoms with Gasteiger partial charge in [0.25, 0.3) is 5.91 Å². The third-order valence-corrected chi connectivity index (χ3v) is 5.23. The Morgan fingerprint density at radius 3 is 2.42 bits per heavy atom. The number of halogens is 3. The molecule has 1 aliphatic heterocycles. The minimum absolute atomic E-state index is 0.0556. The smallest absolute Gasteiger partial charge is 0.410 e. The molecule has 4 rings (SSSR count). The van der Waals surface area contributed by atoms with Crippen LogP contribution in [0.1, 0.15) is 34.8 Å². The number of fused-ring (bicyclic) bond motifs is 1. The van der Waals surface area contributed by atoms with E-state index >= 15 is 0 Å². The van der Waals surface area contributed by atoms with Crippen molar-refractivity contribution in [1.82, 2.24) is 9.78 Å². The molecule has 3 heterocycles. The summed E-state index contributed by atoms with van der Waals surface area (Å²) in [5.41, 5.74) is 0.0925. The van der Waals surface area contributed by atoms with E-state index in [9.17, 15) is 18.0 Å².